The van der Waals surface area contributed by atoms with E-state index in [2.05, 4.69) is 9.97 Å². The molecule has 7 nitrogen and oxygen atoms in total. The van der Waals surface area contributed by atoms with Crippen LogP contribution in [-0.4, -0.2) is 56.8 Å². The highest BCUT2D eigenvalue weighted by atomic mass is 16.6. The van der Waals surface area contributed by atoms with Crippen molar-refractivity contribution in [3.63, 3.8) is 0 Å². The normalized spacial score (nSPS) is 16.5. The first-order valence-electron chi connectivity index (χ1n) is 7.42. The summed E-state index contributed by atoms with van der Waals surface area (Å²) in [6.07, 6.45) is 4.09. The third-order valence-corrected chi connectivity index (χ3v) is 3.50. The molecule has 120 valence electrons. The Balaban J connectivity index is 1.90. The van der Waals surface area contributed by atoms with E-state index >= 15 is 0 Å². The van der Waals surface area contributed by atoms with Crippen LogP contribution in [0.25, 0.3) is 0 Å². The summed E-state index contributed by atoms with van der Waals surface area (Å²) in [5.41, 5.74) is -0.215. The van der Waals surface area contributed by atoms with Crippen LogP contribution in [0.5, 0.6) is 0 Å². The molecule has 1 aromatic rings. The molecule has 8 heteroatoms. The van der Waals surface area contributed by atoms with E-state index in [1.54, 1.807) is 4.90 Å². The van der Waals surface area contributed by atoms with Crippen LogP contribution in [0.3, 0.4) is 0 Å². The maximum absolute atomic E-state index is 12.0. The van der Waals surface area contributed by atoms with Gasteiger partial charge in [-0.15, -0.1) is 0 Å². The second-order valence-electron chi connectivity index (χ2n) is 6.49. The molecule has 0 atom stereocenters. The van der Waals surface area contributed by atoms with Gasteiger partial charge in [0.05, 0.1) is 0 Å². The molecule has 0 radical (unpaired) electrons. The van der Waals surface area contributed by atoms with E-state index < -0.39 is 12.7 Å². The number of hydrogen-bond acceptors (Lipinski definition) is 6. The van der Waals surface area contributed by atoms with Crippen LogP contribution in [0, 0.1) is 0 Å². The smallest absolute Gasteiger partial charge is 0.444 e. The summed E-state index contributed by atoms with van der Waals surface area (Å²) in [6, 6.07) is 0. The Bertz CT molecular complexity index is 508. The van der Waals surface area contributed by atoms with Gasteiger partial charge in [-0.2, -0.15) is 0 Å². The van der Waals surface area contributed by atoms with Crippen LogP contribution in [0.1, 0.15) is 45.4 Å². The zero-order chi connectivity index (χ0) is 16.3. The maximum Gasteiger partial charge on any atom is 0.491 e. The average Bonchev–Trinajstić information content (AvgIpc) is 2.46. The Morgan fingerprint density at radius 1 is 1.27 bits per heavy atom. The fourth-order valence-corrected chi connectivity index (χ4v) is 2.34. The van der Waals surface area contributed by atoms with Gasteiger partial charge in [0.1, 0.15) is 11.4 Å². The number of carbonyl (C=O) groups excluding carboxylic acids is 1. The lowest BCUT2D eigenvalue weighted by atomic mass is 9.83. The quantitative estimate of drug-likeness (QED) is 0.762. The van der Waals surface area contributed by atoms with E-state index in [-0.39, 0.29) is 17.5 Å². The molecule has 0 aromatic carbocycles. The first-order valence-corrected chi connectivity index (χ1v) is 7.42. The minimum absolute atomic E-state index is 0.170. The van der Waals surface area contributed by atoms with Crippen molar-refractivity contribution in [1.29, 1.82) is 0 Å². The van der Waals surface area contributed by atoms with Crippen LogP contribution < -0.4 is 5.46 Å². The Kier molecular flexibility index (Phi) is 5.03. The number of nitrogens with zero attached hydrogens (tertiary/aromatic N) is 3. The van der Waals surface area contributed by atoms with Crippen molar-refractivity contribution in [2.24, 2.45) is 0 Å². The van der Waals surface area contributed by atoms with E-state index in [1.807, 2.05) is 20.8 Å². The van der Waals surface area contributed by atoms with Crippen molar-refractivity contribution in [3.05, 3.63) is 18.2 Å². The first kappa shape index (κ1) is 16.7. The van der Waals surface area contributed by atoms with Crippen molar-refractivity contribution in [3.8, 4) is 0 Å². The van der Waals surface area contributed by atoms with Gasteiger partial charge in [0.25, 0.3) is 0 Å². The second kappa shape index (κ2) is 6.62. The molecule has 0 aliphatic carbocycles. The van der Waals surface area contributed by atoms with E-state index in [1.165, 1.54) is 12.4 Å². The standard InChI is InChI=1S/C14H22BN3O4/c1-14(2,3)22-13(19)18-6-4-10(5-7-18)12-16-8-11(9-17-12)15(20)21/h8-10,20-21H,4-7H2,1-3H3. The second-order valence-corrected chi connectivity index (χ2v) is 6.49. The molecule has 1 aliphatic heterocycles. The average molecular weight is 307 g/mol. The van der Waals surface area contributed by atoms with Gasteiger partial charge in [-0.25, -0.2) is 14.8 Å². The number of ether oxygens (including phenoxy) is 1. The molecule has 1 amide bonds. The monoisotopic (exact) mass is 307 g/mol. The number of carbonyl (C=O) groups is 1. The first-order chi connectivity index (χ1) is 10.3. The molecule has 1 saturated heterocycles. The van der Waals surface area contributed by atoms with Crippen LogP contribution in [0.15, 0.2) is 12.4 Å². The largest absolute Gasteiger partial charge is 0.491 e. The SMILES string of the molecule is CC(C)(C)OC(=O)N1CCC(c2ncc(B(O)O)cn2)CC1. The predicted molar refractivity (Wildman–Crippen MR) is 81.6 cm³/mol. The summed E-state index contributed by atoms with van der Waals surface area (Å²) in [7, 11) is -1.55. The van der Waals surface area contributed by atoms with Gasteiger partial charge in [-0.3, -0.25) is 0 Å². The third kappa shape index (κ3) is 4.41. The van der Waals surface area contributed by atoms with Gasteiger partial charge >= 0.3 is 13.2 Å². The summed E-state index contributed by atoms with van der Waals surface area (Å²) < 4.78 is 5.36. The van der Waals surface area contributed by atoms with Crippen LogP contribution in [0.4, 0.5) is 4.79 Å². The Morgan fingerprint density at radius 2 is 1.82 bits per heavy atom. The van der Waals surface area contributed by atoms with Gasteiger partial charge in [0, 0.05) is 36.9 Å². The molecule has 1 aromatic heterocycles. The molecule has 2 rings (SSSR count). The number of amides is 1. The van der Waals surface area contributed by atoms with Crippen LogP contribution in [0.2, 0.25) is 0 Å². The molecule has 2 heterocycles. The Morgan fingerprint density at radius 3 is 2.27 bits per heavy atom. The van der Waals surface area contributed by atoms with Crippen LogP contribution >= 0.6 is 0 Å². The fourth-order valence-electron chi connectivity index (χ4n) is 2.34. The predicted octanol–water partition coefficient (Wildman–Crippen LogP) is 0.271. The molecule has 1 fully saturated rings. The molecule has 1 aliphatic rings. The zero-order valence-corrected chi connectivity index (χ0v) is 13.2. The summed E-state index contributed by atoms with van der Waals surface area (Å²) in [4.78, 5) is 22.1. The lowest BCUT2D eigenvalue weighted by Gasteiger charge is -2.32. The summed E-state index contributed by atoms with van der Waals surface area (Å²) >= 11 is 0. The lowest BCUT2D eigenvalue weighted by Crippen LogP contribution is -2.41. The number of likely N-dealkylation sites (tertiary alicyclic amines) is 1. The van der Waals surface area contributed by atoms with E-state index in [0.717, 1.165) is 12.8 Å². The van der Waals surface area contributed by atoms with Crippen molar-refractivity contribution >= 4 is 18.7 Å². The van der Waals surface area contributed by atoms with E-state index in [4.69, 9.17) is 14.8 Å². The van der Waals surface area contributed by atoms with Gasteiger partial charge < -0.3 is 19.7 Å². The molecule has 0 unspecified atom stereocenters. The summed E-state index contributed by atoms with van der Waals surface area (Å²) in [5, 5.41) is 18.1. The topological polar surface area (TPSA) is 95.8 Å². The van der Waals surface area contributed by atoms with E-state index in [0.29, 0.717) is 18.9 Å². The molecule has 0 spiro atoms. The molecule has 0 bridgehead atoms. The van der Waals surface area contributed by atoms with Crippen molar-refractivity contribution in [1.82, 2.24) is 14.9 Å². The molecular formula is C14H22BN3O4. The minimum atomic E-state index is -1.55. The Labute approximate surface area is 130 Å². The Hall–Kier alpha value is -1.67. The van der Waals surface area contributed by atoms with Crippen molar-refractivity contribution in [2.75, 3.05) is 13.1 Å². The van der Waals surface area contributed by atoms with Gasteiger partial charge in [-0.1, -0.05) is 0 Å². The maximum atomic E-state index is 12.0. The lowest BCUT2D eigenvalue weighted by molar-refractivity contribution is 0.0203. The highest BCUT2D eigenvalue weighted by molar-refractivity contribution is 6.58. The van der Waals surface area contributed by atoms with Gasteiger partial charge in [0.2, 0.25) is 0 Å². The van der Waals surface area contributed by atoms with Crippen molar-refractivity contribution < 1.29 is 19.6 Å². The summed E-state index contributed by atoms with van der Waals surface area (Å²) in [6.45, 7) is 6.76. The number of hydrogen-bond donors (Lipinski definition) is 2. The number of piperidine rings is 1. The van der Waals surface area contributed by atoms with E-state index in [9.17, 15) is 4.79 Å². The number of rotatable bonds is 2. The number of aromatic nitrogens is 2. The summed E-state index contributed by atoms with van der Waals surface area (Å²) in [5.74, 6) is 0.844. The van der Waals surface area contributed by atoms with Crippen LogP contribution in [-0.2, 0) is 4.74 Å². The molecular weight excluding hydrogens is 285 g/mol. The molecule has 2 N–H and O–H groups in total. The molecule has 22 heavy (non-hydrogen) atoms. The highest BCUT2D eigenvalue weighted by Crippen LogP contribution is 2.25. The van der Waals surface area contributed by atoms with Crippen molar-refractivity contribution in [2.45, 2.75) is 45.1 Å². The highest BCUT2D eigenvalue weighted by Gasteiger charge is 2.28. The zero-order valence-electron chi connectivity index (χ0n) is 13.2. The third-order valence-electron chi connectivity index (χ3n) is 3.50. The minimum Gasteiger partial charge on any atom is -0.444 e. The molecule has 0 saturated carbocycles. The van der Waals surface area contributed by atoms with Gasteiger partial charge in [-0.05, 0) is 33.6 Å². The fraction of sp³-hybridized carbons (Fsp3) is 0.643. The van der Waals surface area contributed by atoms with Gasteiger partial charge in [0.15, 0.2) is 0 Å².